The van der Waals surface area contributed by atoms with Gasteiger partial charge >= 0.3 is 12.0 Å². The number of carbonyl (C=O) groups is 2. The van der Waals surface area contributed by atoms with Gasteiger partial charge in [0.2, 0.25) is 0 Å². The maximum Gasteiger partial charge on any atom is 0.326 e. The van der Waals surface area contributed by atoms with Crippen LogP contribution in [0.4, 0.5) is 4.79 Å². The summed E-state index contributed by atoms with van der Waals surface area (Å²) in [5, 5.41) is 20.9. The minimum absolute atomic E-state index is 0.0922. The van der Waals surface area contributed by atoms with Gasteiger partial charge in [-0.25, -0.2) is 9.59 Å². The first kappa shape index (κ1) is 12.8. The molecule has 0 aromatic carbocycles. The molecule has 3 N–H and O–H groups in total. The average Bonchev–Trinajstić information content (AvgIpc) is 2.61. The molecule has 1 fully saturated rings. The van der Waals surface area contributed by atoms with Gasteiger partial charge in [-0.15, -0.1) is 0 Å². The SMILES string of the molecule is CCCCNC(=O)N1CC(O)CC1C(=O)O. The molecule has 2 atom stereocenters. The summed E-state index contributed by atoms with van der Waals surface area (Å²) in [6.07, 6.45) is 1.19. The summed E-state index contributed by atoms with van der Waals surface area (Å²) < 4.78 is 0. The molecule has 0 radical (unpaired) electrons. The Morgan fingerprint density at radius 1 is 1.50 bits per heavy atom. The van der Waals surface area contributed by atoms with Crippen LogP contribution in [0.2, 0.25) is 0 Å². The smallest absolute Gasteiger partial charge is 0.326 e. The Kier molecular flexibility index (Phi) is 4.54. The van der Waals surface area contributed by atoms with Gasteiger partial charge < -0.3 is 20.4 Å². The number of hydrogen-bond donors (Lipinski definition) is 3. The summed E-state index contributed by atoms with van der Waals surface area (Å²) in [6, 6.07) is -1.31. The molecular formula is C10H18N2O4. The summed E-state index contributed by atoms with van der Waals surface area (Å²) in [5.41, 5.74) is 0. The lowest BCUT2D eigenvalue weighted by molar-refractivity contribution is -0.141. The number of carbonyl (C=O) groups excluding carboxylic acids is 1. The number of β-amino-alcohol motifs (C(OH)–C–C–N with tert-alkyl or cyclic N) is 1. The van der Waals surface area contributed by atoms with Gasteiger partial charge in [0.05, 0.1) is 6.10 Å². The van der Waals surface area contributed by atoms with Crippen molar-refractivity contribution in [3.63, 3.8) is 0 Å². The van der Waals surface area contributed by atoms with E-state index in [0.717, 1.165) is 12.8 Å². The summed E-state index contributed by atoms with van der Waals surface area (Å²) in [4.78, 5) is 23.7. The van der Waals surface area contributed by atoms with Crippen LogP contribution < -0.4 is 5.32 Å². The first-order valence-corrected chi connectivity index (χ1v) is 5.51. The zero-order valence-corrected chi connectivity index (χ0v) is 9.35. The minimum Gasteiger partial charge on any atom is -0.480 e. The Morgan fingerprint density at radius 2 is 2.19 bits per heavy atom. The van der Waals surface area contributed by atoms with E-state index in [4.69, 9.17) is 5.11 Å². The minimum atomic E-state index is -1.07. The fraction of sp³-hybridized carbons (Fsp3) is 0.800. The highest BCUT2D eigenvalue weighted by atomic mass is 16.4. The Hall–Kier alpha value is -1.30. The lowest BCUT2D eigenvalue weighted by Crippen LogP contribution is -2.46. The highest BCUT2D eigenvalue weighted by Gasteiger charge is 2.38. The molecular weight excluding hydrogens is 212 g/mol. The van der Waals surface area contributed by atoms with Crippen LogP contribution in [-0.4, -0.2) is 52.3 Å². The van der Waals surface area contributed by atoms with Gasteiger partial charge in [-0.05, 0) is 6.42 Å². The van der Waals surface area contributed by atoms with Crippen LogP contribution in [-0.2, 0) is 4.79 Å². The van der Waals surface area contributed by atoms with Crippen LogP contribution in [0.1, 0.15) is 26.2 Å². The van der Waals surface area contributed by atoms with E-state index in [1.807, 2.05) is 6.92 Å². The Labute approximate surface area is 94.2 Å². The lowest BCUT2D eigenvalue weighted by atomic mass is 10.2. The lowest BCUT2D eigenvalue weighted by Gasteiger charge is -2.21. The van der Waals surface area contributed by atoms with Crippen LogP contribution in [0.3, 0.4) is 0 Å². The van der Waals surface area contributed by atoms with Gasteiger partial charge in [0.1, 0.15) is 6.04 Å². The van der Waals surface area contributed by atoms with Crippen molar-refractivity contribution in [1.29, 1.82) is 0 Å². The van der Waals surface area contributed by atoms with E-state index < -0.39 is 24.1 Å². The van der Waals surface area contributed by atoms with Gasteiger partial charge in [-0.3, -0.25) is 0 Å². The van der Waals surface area contributed by atoms with Crippen molar-refractivity contribution in [2.24, 2.45) is 0 Å². The van der Waals surface area contributed by atoms with Crippen LogP contribution in [0.15, 0.2) is 0 Å². The third-order valence-corrected chi connectivity index (χ3v) is 2.63. The molecule has 1 heterocycles. The molecule has 0 aromatic heterocycles. The fourth-order valence-electron chi connectivity index (χ4n) is 1.75. The molecule has 1 aliphatic rings. The summed E-state index contributed by atoms with van der Waals surface area (Å²) in [7, 11) is 0. The molecule has 1 rings (SSSR count). The number of rotatable bonds is 4. The predicted molar refractivity (Wildman–Crippen MR) is 57.1 cm³/mol. The molecule has 16 heavy (non-hydrogen) atoms. The summed E-state index contributed by atoms with van der Waals surface area (Å²) >= 11 is 0. The van der Waals surface area contributed by atoms with Crippen molar-refractivity contribution in [1.82, 2.24) is 10.2 Å². The maximum atomic E-state index is 11.6. The molecule has 6 heteroatoms. The standard InChI is InChI=1S/C10H18N2O4/c1-2-3-4-11-10(16)12-6-7(13)5-8(12)9(14)15/h7-8,13H,2-6H2,1H3,(H,11,16)(H,14,15). The number of urea groups is 1. The van der Waals surface area contributed by atoms with Gasteiger partial charge in [0.25, 0.3) is 0 Å². The van der Waals surface area contributed by atoms with E-state index in [2.05, 4.69) is 5.32 Å². The number of aliphatic hydroxyl groups excluding tert-OH is 1. The van der Waals surface area contributed by atoms with Gasteiger partial charge in [-0.1, -0.05) is 13.3 Å². The van der Waals surface area contributed by atoms with Crippen LogP contribution in [0, 0.1) is 0 Å². The van der Waals surface area contributed by atoms with Crippen LogP contribution >= 0.6 is 0 Å². The number of unbranched alkanes of at least 4 members (excludes halogenated alkanes) is 1. The third-order valence-electron chi connectivity index (χ3n) is 2.63. The highest BCUT2D eigenvalue weighted by Crippen LogP contribution is 2.17. The van der Waals surface area contributed by atoms with E-state index >= 15 is 0 Å². The molecule has 0 bridgehead atoms. The van der Waals surface area contributed by atoms with Gasteiger partial charge in [-0.2, -0.15) is 0 Å². The molecule has 6 nitrogen and oxygen atoms in total. The van der Waals surface area contributed by atoms with E-state index in [0.29, 0.717) is 6.54 Å². The quantitative estimate of drug-likeness (QED) is 0.594. The Morgan fingerprint density at radius 3 is 2.75 bits per heavy atom. The van der Waals surface area contributed by atoms with Crippen molar-refractivity contribution in [2.45, 2.75) is 38.3 Å². The molecule has 92 valence electrons. The van der Waals surface area contributed by atoms with Gasteiger partial charge in [0.15, 0.2) is 0 Å². The second-order valence-electron chi connectivity index (χ2n) is 3.98. The molecule has 0 aromatic rings. The van der Waals surface area contributed by atoms with E-state index in [1.165, 1.54) is 4.90 Å². The zero-order valence-electron chi connectivity index (χ0n) is 9.35. The summed E-state index contributed by atoms with van der Waals surface area (Å²) in [6.45, 7) is 2.63. The van der Waals surface area contributed by atoms with Crippen molar-refractivity contribution < 1.29 is 19.8 Å². The first-order valence-electron chi connectivity index (χ1n) is 5.51. The number of carboxylic acids is 1. The molecule has 1 saturated heterocycles. The molecule has 2 amide bonds. The number of aliphatic hydroxyl groups is 1. The largest absolute Gasteiger partial charge is 0.480 e. The van der Waals surface area contributed by atoms with E-state index in [9.17, 15) is 14.7 Å². The number of carboxylic acid groups (broad SMARTS) is 1. The van der Waals surface area contributed by atoms with Crippen LogP contribution in [0.25, 0.3) is 0 Å². The van der Waals surface area contributed by atoms with Crippen molar-refractivity contribution in [3.8, 4) is 0 Å². The number of likely N-dealkylation sites (tertiary alicyclic amines) is 1. The van der Waals surface area contributed by atoms with Crippen molar-refractivity contribution >= 4 is 12.0 Å². The first-order chi connectivity index (χ1) is 7.56. The Balaban J connectivity index is 2.50. The number of nitrogens with one attached hydrogen (secondary N) is 1. The normalized spacial score (nSPS) is 24.5. The second-order valence-corrected chi connectivity index (χ2v) is 3.98. The van der Waals surface area contributed by atoms with Crippen molar-refractivity contribution in [3.05, 3.63) is 0 Å². The topological polar surface area (TPSA) is 89.9 Å². The van der Waals surface area contributed by atoms with E-state index in [-0.39, 0.29) is 13.0 Å². The van der Waals surface area contributed by atoms with Gasteiger partial charge in [0, 0.05) is 19.5 Å². The maximum absolute atomic E-state index is 11.6. The van der Waals surface area contributed by atoms with E-state index in [1.54, 1.807) is 0 Å². The second kappa shape index (κ2) is 5.69. The number of hydrogen-bond acceptors (Lipinski definition) is 3. The van der Waals surface area contributed by atoms with Crippen molar-refractivity contribution in [2.75, 3.05) is 13.1 Å². The highest BCUT2D eigenvalue weighted by molar-refractivity contribution is 5.83. The summed E-state index contributed by atoms with van der Waals surface area (Å²) in [5.74, 6) is -1.07. The van der Waals surface area contributed by atoms with Crippen LogP contribution in [0.5, 0.6) is 0 Å². The molecule has 1 aliphatic heterocycles. The Bertz CT molecular complexity index is 270. The predicted octanol–water partition coefficient (Wildman–Crippen LogP) is 0.0159. The number of nitrogens with zero attached hydrogens (tertiary/aromatic N) is 1. The molecule has 0 aliphatic carbocycles. The number of aliphatic carboxylic acids is 1. The number of amides is 2. The molecule has 2 unspecified atom stereocenters. The zero-order chi connectivity index (χ0) is 12.1. The molecule has 0 saturated carbocycles. The fourth-order valence-corrected chi connectivity index (χ4v) is 1.75. The monoisotopic (exact) mass is 230 g/mol. The average molecular weight is 230 g/mol. The molecule has 0 spiro atoms. The third kappa shape index (κ3) is 3.10.